The minimum absolute atomic E-state index is 0.356. The number of hydrogen-bond donors (Lipinski definition) is 0. The minimum atomic E-state index is -3.47. The molecule has 25 heavy (non-hydrogen) atoms. The number of aryl methyl sites for hydroxylation is 1. The zero-order valence-electron chi connectivity index (χ0n) is 14.8. The molecule has 2 heterocycles. The molecule has 1 saturated heterocycles. The van der Waals surface area contributed by atoms with Crippen molar-refractivity contribution in [1.82, 2.24) is 14.1 Å². The van der Waals surface area contributed by atoms with Gasteiger partial charge in [-0.15, -0.1) is 0 Å². The smallest absolute Gasteiger partial charge is 0.246 e. The average Bonchev–Trinajstić information content (AvgIpc) is 2.91. The van der Waals surface area contributed by atoms with Crippen LogP contribution in [-0.4, -0.2) is 42.2 Å². The predicted octanol–water partition coefficient (Wildman–Crippen LogP) is 2.75. The van der Waals surface area contributed by atoms with E-state index in [1.165, 1.54) is 0 Å². The van der Waals surface area contributed by atoms with Crippen LogP contribution in [0.25, 0.3) is 0 Å². The van der Waals surface area contributed by atoms with E-state index in [0.717, 1.165) is 25.0 Å². The number of benzene rings is 1. The standard InChI is InChI=1S/C18H25N3O3S/c1-15-18(25(22,23)20-11-7-4-8-12-20)16(2)21(19-15)13-14-24-17-9-5-3-6-10-17/h3,5-6,9-10H,4,7-8,11-14H2,1-2H3. The summed E-state index contributed by atoms with van der Waals surface area (Å²) in [5.41, 5.74) is 1.24. The van der Waals surface area contributed by atoms with Gasteiger partial charge in [-0.05, 0) is 38.8 Å². The van der Waals surface area contributed by atoms with Crippen molar-refractivity contribution in [3.05, 3.63) is 41.7 Å². The molecule has 2 aromatic rings. The second-order valence-corrected chi connectivity index (χ2v) is 8.22. The summed E-state index contributed by atoms with van der Waals surface area (Å²) in [4.78, 5) is 0.356. The Balaban J connectivity index is 1.74. The van der Waals surface area contributed by atoms with E-state index >= 15 is 0 Å². The molecule has 6 nitrogen and oxygen atoms in total. The van der Waals surface area contributed by atoms with Crippen LogP contribution in [0.15, 0.2) is 35.2 Å². The molecule has 136 valence electrons. The Morgan fingerprint density at radius 3 is 2.44 bits per heavy atom. The molecule has 0 spiro atoms. The molecule has 1 fully saturated rings. The van der Waals surface area contributed by atoms with E-state index in [0.29, 0.717) is 42.5 Å². The molecule has 1 aliphatic heterocycles. The SMILES string of the molecule is Cc1nn(CCOc2ccccc2)c(C)c1S(=O)(=O)N1CCCCC1. The van der Waals surface area contributed by atoms with Crippen LogP contribution in [0.1, 0.15) is 30.7 Å². The van der Waals surface area contributed by atoms with Crippen LogP contribution in [-0.2, 0) is 16.6 Å². The van der Waals surface area contributed by atoms with Gasteiger partial charge in [-0.2, -0.15) is 9.40 Å². The topological polar surface area (TPSA) is 64.4 Å². The highest BCUT2D eigenvalue weighted by molar-refractivity contribution is 7.89. The Morgan fingerprint density at radius 2 is 1.76 bits per heavy atom. The Labute approximate surface area is 149 Å². The summed E-state index contributed by atoms with van der Waals surface area (Å²) >= 11 is 0. The molecule has 1 aliphatic rings. The third-order valence-electron chi connectivity index (χ3n) is 4.54. The lowest BCUT2D eigenvalue weighted by Crippen LogP contribution is -2.36. The number of nitrogens with zero attached hydrogens (tertiary/aromatic N) is 3. The highest BCUT2D eigenvalue weighted by Gasteiger charge is 2.31. The lowest BCUT2D eigenvalue weighted by molar-refractivity contribution is 0.289. The van der Waals surface area contributed by atoms with Gasteiger partial charge >= 0.3 is 0 Å². The van der Waals surface area contributed by atoms with Crippen LogP contribution < -0.4 is 4.74 Å². The molecular formula is C18H25N3O3S. The first kappa shape index (κ1) is 17.9. The summed E-state index contributed by atoms with van der Waals surface area (Å²) in [5.74, 6) is 0.796. The molecule has 0 saturated carbocycles. The van der Waals surface area contributed by atoms with Crippen molar-refractivity contribution < 1.29 is 13.2 Å². The summed E-state index contributed by atoms with van der Waals surface area (Å²) < 4.78 is 35.0. The predicted molar refractivity (Wildman–Crippen MR) is 96.2 cm³/mol. The minimum Gasteiger partial charge on any atom is -0.492 e. The third-order valence-corrected chi connectivity index (χ3v) is 6.69. The molecule has 0 unspecified atom stereocenters. The summed E-state index contributed by atoms with van der Waals surface area (Å²) in [6, 6.07) is 9.57. The second kappa shape index (κ2) is 7.58. The van der Waals surface area contributed by atoms with Gasteiger partial charge in [-0.3, -0.25) is 4.68 Å². The molecule has 0 radical (unpaired) electrons. The normalized spacial score (nSPS) is 16.1. The fourth-order valence-electron chi connectivity index (χ4n) is 3.27. The van der Waals surface area contributed by atoms with Gasteiger partial charge in [0, 0.05) is 13.1 Å². The molecule has 1 aromatic carbocycles. The Kier molecular flexibility index (Phi) is 5.44. The van der Waals surface area contributed by atoms with Crippen LogP contribution >= 0.6 is 0 Å². The quantitative estimate of drug-likeness (QED) is 0.792. The van der Waals surface area contributed by atoms with E-state index in [4.69, 9.17) is 4.74 Å². The lowest BCUT2D eigenvalue weighted by Gasteiger charge is -2.26. The van der Waals surface area contributed by atoms with Gasteiger partial charge in [0.25, 0.3) is 0 Å². The van der Waals surface area contributed by atoms with E-state index in [2.05, 4.69) is 5.10 Å². The summed E-state index contributed by atoms with van der Waals surface area (Å²) in [6.07, 6.45) is 2.95. The average molecular weight is 363 g/mol. The van der Waals surface area contributed by atoms with Crippen LogP contribution in [0.4, 0.5) is 0 Å². The molecule has 0 N–H and O–H groups in total. The summed E-state index contributed by atoms with van der Waals surface area (Å²) in [7, 11) is -3.47. The maximum Gasteiger partial charge on any atom is 0.246 e. The van der Waals surface area contributed by atoms with E-state index in [1.54, 1.807) is 15.9 Å². The Morgan fingerprint density at radius 1 is 1.08 bits per heavy atom. The molecular weight excluding hydrogens is 338 g/mol. The number of ether oxygens (including phenoxy) is 1. The summed E-state index contributed by atoms with van der Waals surface area (Å²) in [5, 5.41) is 4.43. The summed E-state index contributed by atoms with van der Waals surface area (Å²) in [6.45, 7) is 5.73. The van der Waals surface area contributed by atoms with Crippen molar-refractivity contribution in [2.24, 2.45) is 0 Å². The number of para-hydroxylation sites is 1. The van der Waals surface area contributed by atoms with Gasteiger partial charge in [-0.25, -0.2) is 8.42 Å². The van der Waals surface area contributed by atoms with Gasteiger partial charge in [0.1, 0.15) is 17.3 Å². The van der Waals surface area contributed by atoms with E-state index in [1.807, 2.05) is 37.3 Å². The Hall–Kier alpha value is -1.86. The maximum absolute atomic E-state index is 13.0. The highest BCUT2D eigenvalue weighted by Crippen LogP contribution is 2.26. The van der Waals surface area contributed by atoms with Gasteiger partial charge in [0.15, 0.2) is 0 Å². The second-order valence-electron chi connectivity index (χ2n) is 6.35. The highest BCUT2D eigenvalue weighted by atomic mass is 32.2. The number of hydrogen-bond acceptors (Lipinski definition) is 4. The maximum atomic E-state index is 13.0. The molecule has 0 atom stereocenters. The van der Waals surface area contributed by atoms with E-state index in [9.17, 15) is 8.42 Å². The molecule has 0 amide bonds. The van der Waals surface area contributed by atoms with Gasteiger partial charge in [0.2, 0.25) is 10.0 Å². The first-order valence-electron chi connectivity index (χ1n) is 8.72. The van der Waals surface area contributed by atoms with Crippen LogP contribution in [0.3, 0.4) is 0 Å². The van der Waals surface area contributed by atoms with Crippen LogP contribution in [0.2, 0.25) is 0 Å². The molecule has 7 heteroatoms. The fourth-order valence-corrected chi connectivity index (χ4v) is 5.16. The lowest BCUT2D eigenvalue weighted by atomic mass is 10.2. The number of aromatic nitrogens is 2. The molecule has 0 aliphatic carbocycles. The van der Waals surface area contributed by atoms with E-state index in [-0.39, 0.29) is 0 Å². The number of piperidine rings is 1. The third kappa shape index (κ3) is 3.88. The Bertz CT molecular complexity index is 810. The number of sulfonamides is 1. The zero-order valence-corrected chi connectivity index (χ0v) is 15.6. The van der Waals surface area contributed by atoms with E-state index < -0.39 is 10.0 Å². The first-order valence-corrected chi connectivity index (χ1v) is 10.2. The van der Waals surface area contributed by atoms with Crippen molar-refractivity contribution in [3.63, 3.8) is 0 Å². The van der Waals surface area contributed by atoms with Crippen molar-refractivity contribution >= 4 is 10.0 Å². The number of rotatable bonds is 6. The van der Waals surface area contributed by atoms with Crippen molar-refractivity contribution in [1.29, 1.82) is 0 Å². The molecule has 3 rings (SSSR count). The fraction of sp³-hybridized carbons (Fsp3) is 0.500. The first-order chi connectivity index (χ1) is 12.0. The zero-order chi connectivity index (χ0) is 17.9. The molecule has 1 aromatic heterocycles. The van der Waals surface area contributed by atoms with Crippen molar-refractivity contribution in [2.45, 2.75) is 44.6 Å². The van der Waals surface area contributed by atoms with Crippen LogP contribution in [0, 0.1) is 13.8 Å². The van der Waals surface area contributed by atoms with Crippen molar-refractivity contribution in [2.75, 3.05) is 19.7 Å². The van der Waals surface area contributed by atoms with Gasteiger partial charge in [-0.1, -0.05) is 24.6 Å². The van der Waals surface area contributed by atoms with Gasteiger partial charge in [0.05, 0.1) is 17.9 Å². The largest absolute Gasteiger partial charge is 0.492 e. The van der Waals surface area contributed by atoms with Gasteiger partial charge < -0.3 is 4.74 Å². The van der Waals surface area contributed by atoms with Crippen LogP contribution in [0.5, 0.6) is 5.75 Å². The monoisotopic (exact) mass is 363 g/mol. The molecule has 0 bridgehead atoms. The van der Waals surface area contributed by atoms with Crippen molar-refractivity contribution in [3.8, 4) is 5.75 Å².